The Bertz CT molecular complexity index is 1140. The van der Waals surface area contributed by atoms with Crippen LogP contribution in [0.25, 0.3) is 10.9 Å². The van der Waals surface area contributed by atoms with Crippen molar-refractivity contribution in [3.63, 3.8) is 0 Å². The quantitative estimate of drug-likeness (QED) is 0.551. The summed E-state index contributed by atoms with van der Waals surface area (Å²) < 4.78 is 5.21. The number of nitrogens with one attached hydrogen (secondary N) is 2. The summed E-state index contributed by atoms with van der Waals surface area (Å²) in [6, 6.07) is 15.4. The van der Waals surface area contributed by atoms with Crippen molar-refractivity contribution in [3.05, 3.63) is 71.9 Å². The number of hydroxylamine groups is 2. The van der Waals surface area contributed by atoms with Crippen LogP contribution < -0.4 is 5.32 Å². The molecule has 0 unspecified atom stereocenters. The molecule has 0 aliphatic carbocycles. The fraction of sp³-hybridized carbons (Fsp3) is 0.217. The van der Waals surface area contributed by atoms with E-state index in [1.165, 1.54) is 0 Å². The van der Waals surface area contributed by atoms with Crippen LogP contribution in [-0.4, -0.2) is 40.0 Å². The Kier molecular flexibility index (Phi) is 6.16. The second-order valence-electron chi connectivity index (χ2n) is 7.31. The first-order valence-corrected chi connectivity index (χ1v) is 10.1. The molecule has 9 heteroatoms. The number of hydrogen-bond donors (Lipinski definition) is 2. The largest absolute Gasteiger partial charge is 0.445 e. The third kappa shape index (κ3) is 4.77. The van der Waals surface area contributed by atoms with Gasteiger partial charge >= 0.3 is 12.1 Å². The molecule has 0 spiro atoms. The Morgan fingerprint density at radius 3 is 2.44 bits per heavy atom. The van der Waals surface area contributed by atoms with Gasteiger partial charge in [-0.2, -0.15) is 0 Å². The Hall–Kier alpha value is -4.14. The average molecular weight is 435 g/mol. The summed E-state index contributed by atoms with van der Waals surface area (Å²) in [6.45, 7) is 0.0185. The third-order valence-corrected chi connectivity index (χ3v) is 5.08. The molecule has 0 bridgehead atoms. The van der Waals surface area contributed by atoms with Crippen LogP contribution in [0.5, 0.6) is 0 Å². The first-order valence-electron chi connectivity index (χ1n) is 10.1. The molecular formula is C23H21N3O6. The standard InChI is InChI=1S/C23H21N3O6/c27-20-10-11-21(28)26(20)32-22(29)19(12-16-13-24-18-9-5-4-8-17(16)18)25-23(30)31-14-15-6-2-1-3-7-15/h1-9,13,19,24H,10-12,14H2,(H,25,30)/t19-/m0/s1. The van der Waals surface area contributed by atoms with Gasteiger partial charge in [0.2, 0.25) is 0 Å². The number of amides is 3. The second kappa shape index (κ2) is 9.34. The van der Waals surface area contributed by atoms with Crippen molar-refractivity contribution < 1.29 is 28.8 Å². The van der Waals surface area contributed by atoms with Crippen LogP contribution in [0.1, 0.15) is 24.0 Å². The second-order valence-corrected chi connectivity index (χ2v) is 7.31. The van der Waals surface area contributed by atoms with E-state index in [1.807, 2.05) is 42.5 Å². The van der Waals surface area contributed by atoms with E-state index >= 15 is 0 Å². The molecule has 4 rings (SSSR count). The zero-order valence-corrected chi connectivity index (χ0v) is 17.1. The molecule has 2 aromatic carbocycles. The molecule has 9 nitrogen and oxygen atoms in total. The predicted octanol–water partition coefficient (Wildman–Crippen LogP) is 2.61. The number of aromatic nitrogens is 1. The normalized spacial score (nSPS) is 14.4. The number of carbonyl (C=O) groups is 4. The summed E-state index contributed by atoms with van der Waals surface area (Å²) in [5.74, 6) is -2.13. The van der Waals surface area contributed by atoms with Gasteiger partial charge in [-0.25, -0.2) is 9.59 Å². The number of rotatable bonds is 7. The zero-order chi connectivity index (χ0) is 22.5. The molecule has 32 heavy (non-hydrogen) atoms. The molecule has 3 aromatic rings. The molecular weight excluding hydrogens is 414 g/mol. The van der Waals surface area contributed by atoms with Gasteiger partial charge in [-0.05, 0) is 17.2 Å². The van der Waals surface area contributed by atoms with Gasteiger partial charge in [0.15, 0.2) is 0 Å². The molecule has 164 valence electrons. The van der Waals surface area contributed by atoms with Crippen molar-refractivity contribution >= 4 is 34.8 Å². The van der Waals surface area contributed by atoms with E-state index in [9.17, 15) is 19.2 Å². The number of para-hydroxylation sites is 1. The summed E-state index contributed by atoms with van der Waals surface area (Å²) in [4.78, 5) is 57.0. The lowest BCUT2D eigenvalue weighted by atomic mass is 10.1. The molecule has 1 aromatic heterocycles. The number of fused-ring (bicyclic) bond motifs is 1. The van der Waals surface area contributed by atoms with Crippen LogP contribution in [-0.2, 0) is 37.0 Å². The van der Waals surface area contributed by atoms with Gasteiger partial charge in [-0.3, -0.25) is 9.59 Å². The van der Waals surface area contributed by atoms with Gasteiger partial charge in [0, 0.05) is 36.4 Å². The van der Waals surface area contributed by atoms with E-state index in [4.69, 9.17) is 9.57 Å². The molecule has 2 heterocycles. The Labute approximate surface area is 183 Å². The van der Waals surface area contributed by atoms with Gasteiger partial charge in [0.05, 0.1) is 0 Å². The molecule has 1 aliphatic heterocycles. The summed E-state index contributed by atoms with van der Waals surface area (Å²) in [6.07, 6.45) is 0.931. The number of benzene rings is 2. The van der Waals surface area contributed by atoms with Crippen molar-refractivity contribution in [2.24, 2.45) is 0 Å². The van der Waals surface area contributed by atoms with Crippen LogP contribution in [0.2, 0.25) is 0 Å². The molecule has 3 amide bonds. The lowest BCUT2D eigenvalue weighted by molar-refractivity contribution is -0.198. The van der Waals surface area contributed by atoms with Crippen LogP contribution in [0, 0.1) is 0 Å². The first-order chi connectivity index (χ1) is 15.5. The Balaban J connectivity index is 1.48. The van der Waals surface area contributed by atoms with Crippen molar-refractivity contribution in [1.29, 1.82) is 0 Å². The number of aromatic amines is 1. The topological polar surface area (TPSA) is 118 Å². The Morgan fingerprint density at radius 1 is 1.00 bits per heavy atom. The maximum atomic E-state index is 12.8. The number of ether oxygens (including phenoxy) is 1. The molecule has 0 radical (unpaired) electrons. The predicted molar refractivity (Wildman–Crippen MR) is 113 cm³/mol. The smallest absolute Gasteiger partial charge is 0.408 e. The van der Waals surface area contributed by atoms with Crippen molar-refractivity contribution in [1.82, 2.24) is 15.4 Å². The minimum atomic E-state index is -1.18. The molecule has 1 aliphatic rings. The van der Waals surface area contributed by atoms with Gasteiger partial charge in [-0.15, -0.1) is 5.06 Å². The fourth-order valence-corrected chi connectivity index (χ4v) is 3.43. The van der Waals surface area contributed by atoms with Gasteiger partial charge in [0.25, 0.3) is 11.8 Å². The highest BCUT2D eigenvalue weighted by atomic mass is 16.7. The highest BCUT2D eigenvalue weighted by Crippen LogP contribution is 2.20. The van der Waals surface area contributed by atoms with Crippen LogP contribution >= 0.6 is 0 Å². The number of carbonyl (C=O) groups excluding carboxylic acids is 4. The van der Waals surface area contributed by atoms with E-state index < -0.39 is 29.9 Å². The van der Waals surface area contributed by atoms with Crippen LogP contribution in [0.15, 0.2) is 60.8 Å². The van der Waals surface area contributed by atoms with Crippen LogP contribution in [0.4, 0.5) is 4.79 Å². The maximum absolute atomic E-state index is 12.8. The van der Waals surface area contributed by atoms with Crippen molar-refractivity contribution in [2.45, 2.75) is 31.9 Å². The number of H-pyrrole nitrogens is 1. The monoisotopic (exact) mass is 435 g/mol. The van der Waals surface area contributed by atoms with Gasteiger partial charge < -0.3 is 19.9 Å². The highest BCUT2D eigenvalue weighted by Gasteiger charge is 2.35. The summed E-state index contributed by atoms with van der Waals surface area (Å²) in [5, 5.41) is 3.83. The molecule has 1 atom stereocenters. The Morgan fingerprint density at radius 2 is 1.69 bits per heavy atom. The van der Waals surface area contributed by atoms with Gasteiger partial charge in [0.1, 0.15) is 12.6 Å². The lowest BCUT2D eigenvalue weighted by Gasteiger charge is -2.20. The van der Waals surface area contributed by atoms with Crippen molar-refractivity contribution in [3.8, 4) is 0 Å². The summed E-state index contributed by atoms with van der Waals surface area (Å²) in [7, 11) is 0. The average Bonchev–Trinajstić information content (AvgIpc) is 3.36. The van der Waals surface area contributed by atoms with E-state index in [2.05, 4.69) is 10.3 Å². The van der Waals surface area contributed by atoms with Gasteiger partial charge in [-0.1, -0.05) is 48.5 Å². The number of alkyl carbamates (subject to hydrolysis) is 1. The fourth-order valence-electron chi connectivity index (χ4n) is 3.43. The molecule has 2 N–H and O–H groups in total. The van der Waals surface area contributed by atoms with E-state index in [-0.39, 0.29) is 25.9 Å². The zero-order valence-electron chi connectivity index (χ0n) is 17.1. The van der Waals surface area contributed by atoms with E-state index in [1.54, 1.807) is 18.3 Å². The van der Waals surface area contributed by atoms with Crippen LogP contribution in [0.3, 0.4) is 0 Å². The minimum Gasteiger partial charge on any atom is -0.445 e. The van der Waals surface area contributed by atoms with E-state index in [0.717, 1.165) is 22.0 Å². The maximum Gasteiger partial charge on any atom is 0.408 e. The number of nitrogens with zero attached hydrogens (tertiary/aromatic N) is 1. The molecule has 1 fully saturated rings. The number of imide groups is 1. The first kappa shape index (κ1) is 21.1. The molecule has 1 saturated heterocycles. The third-order valence-electron chi connectivity index (χ3n) is 5.08. The SMILES string of the molecule is O=C(N[C@@H](Cc1c[nH]c2ccccc12)C(=O)ON1C(=O)CCC1=O)OCc1ccccc1. The summed E-state index contributed by atoms with van der Waals surface area (Å²) >= 11 is 0. The molecule has 0 saturated carbocycles. The minimum absolute atomic E-state index is 0.0185. The lowest BCUT2D eigenvalue weighted by Crippen LogP contribution is -2.46. The number of hydrogen-bond acceptors (Lipinski definition) is 6. The summed E-state index contributed by atoms with van der Waals surface area (Å²) in [5.41, 5.74) is 2.41. The van der Waals surface area contributed by atoms with Crippen molar-refractivity contribution in [2.75, 3.05) is 0 Å². The highest BCUT2D eigenvalue weighted by molar-refractivity contribution is 6.02. The van der Waals surface area contributed by atoms with E-state index in [0.29, 0.717) is 5.06 Å².